The van der Waals surface area contributed by atoms with Crippen LogP contribution in [0.5, 0.6) is 0 Å². The van der Waals surface area contributed by atoms with Crippen LogP contribution in [0.1, 0.15) is 53.0 Å². The normalized spacial score (nSPS) is 15.7. The molecule has 3 aromatic rings. The van der Waals surface area contributed by atoms with Gasteiger partial charge in [0.05, 0.1) is 40.0 Å². The molecule has 1 aliphatic heterocycles. The van der Waals surface area contributed by atoms with Crippen LogP contribution in [0.2, 0.25) is 0 Å². The Kier molecular flexibility index (Phi) is 7.03. The third-order valence-corrected chi connectivity index (χ3v) is 8.07. The zero-order chi connectivity index (χ0) is 25.3. The Morgan fingerprint density at radius 2 is 1.94 bits per heavy atom. The summed E-state index contributed by atoms with van der Waals surface area (Å²) in [4.78, 5) is 25.6. The topological polar surface area (TPSA) is 116 Å². The summed E-state index contributed by atoms with van der Waals surface area (Å²) in [7, 11) is -3.27. The number of nitrogens with one attached hydrogen (secondary N) is 1. The quantitative estimate of drug-likeness (QED) is 0.511. The molecule has 182 valence electrons. The number of amides is 1. The molecular weight excluding hydrogens is 482 g/mol. The van der Waals surface area contributed by atoms with E-state index in [-0.39, 0.29) is 23.3 Å². The van der Waals surface area contributed by atoms with Crippen molar-refractivity contribution in [3.63, 3.8) is 0 Å². The number of hydrogen-bond acceptors (Lipinski definition) is 8. The molecule has 8 nitrogen and oxygen atoms in total. The minimum absolute atomic E-state index is 0.105. The first-order chi connectivity index (χ1) is 16.5. The molecule has 1 aliphatic rings. The van der Waals surface area contributed by atoms with Crippen molar-refractivity contribution in [1.29, 1.82) is 5.26 Å². The third kappa shape index (κ3) is 5.59. The Hall–Kier alpha value is -3.13. The highest BCUT2D eigenvalue weighted by Crippen LogP contribution is 2.43. The predicted octanol–water partition coefficient (Wildman–Crippen LogP) is 4.02. The summed E-state index contributed by atoms with van der Waals surface area (Å²) in [5.74, 6) is 0.120. The molecule has 0 fully saturated rings. The first-order valence-electron chi connectivity index (χ1n) is 11.2. The monoisotopic (exact) mass is 509 g/mol. The average Bonchev–Trinajstić information content (AvgIpc) is 3.29. The Labute approximate surface area is 209 Å². The molecule has 10 heteroatoms. The second kappa shape index (κ2) is 9.85. The van der Waals surface area contributed by atoms with Crippen LogP contribution in [0, 0.1) is 24.2 Å². The van der Waals surface area contributed by atoms with Crippen molar-refractivity contribution in [3.8, 4) is 6.07 Å². The standard InChI is InChI=1S/C25H27N5O3S2/c1-15(2)24-23-21(14-30(24)13-19-8-7-18(12-26)16(3)27-19)34-25(29-23)28-22(31)11-17-5-9-20(10-6-17)35(4,32)33/h5-10,15,24H,11,13-14H2,1-4H3,(H,28,29,31)/t24-/m0/s1. The van der Waals surface area contributed by atoms with Gasteiger partial charge >= 0.3 is 0 Å². The van der Waals surface area contributed by atoms with Gasteiger partial charge in [0.25, 0.3) is 0 Å². The van der Waals surface area contributed by atoms with Gasteiger partial charge in [-0.15, -0.1) is 11.3 Å². The minimum Gasteiger partial charge on any atom is -0.302 e. The number of nitrogens with zero attached hydrogens (tertiary/aromatic N) is 4. The average molecular weight is 510 g/mol. The number of sulfone groups is 1. The second-order valence-electron chi connectivity index (χ2n) is 9.11. The Morgan fingerprint density at radius 1 is 1.23 bits per heavy atom. The zero-order valence-electron chi connectivity index (χ0n) is 20.1. The highest BCUT2D eigenvalue weighted by Gasteiger charge is 2.36. The third-order valence-electron chi connectivity index (χ3n) is 5.97. The van der Waals surface area contributed by atoms with E-state index in [1.165, 1.54) is 23.5 Å². The maximum atomic E-state index is 12.6. The van der Waals surface area contributed by atoms with Crippen LogP contribution < -0.4 is 5.32 Å². The van der Waals surface area contributed by atoms with Gasteiger partial charge in [-0.1, -0.05) is 26.0 Å². The van der Waals surface area contributed by atoms with Gasteiger partial charge in [0.15, 0.2) is 15.0 Å². The number of benzene rings is 1. The van der Waals surface area contributed by atoms with Gasteiger partial charge in [-0.25, -0.2) is 13.4 Å². The van der Waals surface area contributed by atoms with Gasteiger partial charge < -0.3 is 5.32 Å². The Balaban J connectivity index is 1.44. The number of anilines is 1. The molecule has 0 saturated heterocycles. The van der Waals surface area contributed by atoms with Crippen molar-refractivity contribution in [2.24, 2.45) is 5.92 Å². The van der Waals surface area contributed by atoms with E-state index < -0.39 is 9.84 Å². The van der Waals surface area contributed by atoms with Crippen molar-refractivity contribution < 1.29 is 13.2 Å². The van der Waals surface area contributed by atoms with E-state index in [4.69, 9.17) is 10.2 Å². The number of pyridine rings is 1. The van der Waals surface area contributed by atoms with E-state index in [2.05, 4.69) is 35.1 Å². The largest absolute Gasteiger partial charge is 0.302 e. The fourth-order valence-corrected chi connectivity index (χ4v) is 6.01. The van der Waals surface area contributed by atoms with E-state index in [1.54, 1.807) is 12.1 Å². The summed E-state index contributed by atoms with van der Waals surface area (Å²) < 4.78 is 23.2. The molecule has 1 amide bonds. The van der Waals surface area contributed by atoms with Crippen molar-refractivity contribution in [2.45, 2.75) is 51.2 Å². The van der Waals surface area contributed by atoms with Crippen LogP contribution in [-0.4, -0.2) is 35.4 Å². The first-order valence-corrected chi connectivity index (χ1v) is 13.9. The lowest BCUT2D eigenvalue weighted by Crippen LogP contribution is -2.26. The van der Waals surface area contributed by atoms with Crippen LogP contribution in [0.15, 0.2) is 41.3 Å². The number of nitriles is 1. The molecule has 3 heterocycles. The molecule has 0 unspecified atom stereocenters. The summed E-state index contributed by atoms with van der Waals surface area (Å²) in [6, 6.07) is 12.3. The van der Waals surface area contributed by atoms with E-state index in [1.807, 2.05) is 19.1 Å². The van der Waals surface area contributed by atoms with E-state index >= 15 is 0 Å². The summed E-state index contributed by atoms with van der Waals surface area (Å²) in [5, 5.41) is 12.6. The molecule has 0 aliphatic carbocycles. The molecule has 0 bridgehead atoms. The number of fused-ring (bicyclic) bond motifs is 1. The number of aromatic nitrogens is 2. The van der Waals surface area contributed by atoms with E-state index in [0.717, 1.165) is 40.3 Å². The van der Waals surface area contributed by atoms with Gasteiger partial charge in [-0.2, -0.15) is 5.26 Å². The first kappa shape index (κ1) is 25.0. The fourth-order valence-electron chi connectivity index (χ4n) is 4.34. The maximum Gasteiger partial charge on any atom is 0.230 e. The minimum atomic E-state index is -3.27. The number of thiazole rings is 1. The predicted molar refractivity (Wildman–Crippen MR) is 135 cm³/mol. The number of hydrogen-bond donors (Lipinski definition) is 1. The molecule has 1 N–H and O–H groups in total. The summed E-state index contributed by atoms with van der Waals surface area (Å²) in [5.41, 5.74) is 3.95. The lowest BCUT2D eigenvalue weighted by atomic mass is 10.0. The molecular formula is C25H27N5O3S2. The van der Waals surface area contributed by atoms with Crippen molar-refractivity contribution >= 4 is 32.2 Å². The van der Waals surface area contributed by atoms with Crippen molar-refractivity contribution in [3.05, 3.63) is 69.5 Å². The van der Waals surface area contributed by atoms with E-state index in [9.17, 15) is 13.2 Å². The van der Waals surface area contributed by atoms with Gasteiger partial charge in [-0.05, 0) is 42.7 Å². The van der Waals surface area contributed by atoms with Crippen LogP contribution >= 0.6 is 11.3 Å². The molecule has 35 heavy (non-hydrogen) atoms. The lowest BCUT2D eigenvalue weighted by molar-refractivity contribution is -0.115. The van der Waals surface area contributed by atoms with Gasteiger partial charge in [-0.3, -0.25) is 14.7 Å². The van der Waals surface area contributed by atoms with Gasteiger partial charge in [0.2, 0.25) is 5.91 Å². The molecule has 1 aromatic carbocycles. The van der Waals surface area contributed by atoms with Crippen LogP contribution in [0.4, 0.5) is 5.13 Å². The number of aryl methyl sites for hydroxylation is 1. The van der Waals surface area contributed by atoms with Crippen LogP contribution in [0.3, 0.4) is 0 Å². The Bertz CT molecular complexity index is 1410. The maximum absolute atomic E-state index is 12.6. The second-order valence-corrected chi connectivity index (χ2v) is 12.2. The lowest BCUT2D eigenvalue weighted by Gasteiger charge is -2.27. The summed E-state index contributed by atoms with van der Waals surface area (Å²) >= 11 is 1.48. The van der Waals surface area contributed by atoms with Crippen LogP contribution in [0.25, 0.3) is 0 Å². The molecule has 0 saturated carbocycles. The molecule has 0 radical (unpaired) electrons. The van der Waals surface area contributed by atoms with Crippen molar-refractivity contribution in [2.75, 3.05) is 11.6 Å². The number of carbonyl (C=O) groups is 1. The summed E-state index contributed by atoms with van der Waals surface area (Å²) in [6.07, 6.45) is 1.29. The SMILES string of the molecule is Cc1nc(CN2Cc3sc(NC(=O)Cc4ccc(S(C)(=O)=O)cc4)nc3[C@@H]2C(C)C)ccc1C#N. The van der Waals surface area contributed by atoms with Crippen LogP contribution in [-0.2, 0) is 34.1 Å². The molecule has 0 spiro atoms. The van der Waals surface area contributed by atoms with Gasteiger partial charge in [0.1, 0.15) is 6.07 Å². The number of rotatable bonds is 7. The van der Waals surface area contributed by atoms with E-state index in [0.29, 0.717) is 23.2 Å². The fraction of sp³-hybridized carbons (Fsp3) is 0.360. The molecule has 1 atom stereocenters. The molecule has 2 aromatic heterocycles. The Morgan fingerprint density at radius 3 is 2.54 bits per heavy atom. The van der Waals surface area contributed by atoms with Gasteiger partial charge in [0, 0.05) is 24.2 Å². The summed E-state index contributed by atoms with van der Waals surface area (Å²) in [6.45, 7) is 7.53. The smallest absolute Gasteiger partial charge is 0.230 e. The molecule has 4 rings (SSSR count). The zero-order valence-corrected chi connectivity index (χ0v) is 21.7. The van der Waals surface area contributed by atoms with Crippen molar-refractivity contribution in [1.82, 2.24) is 14.9 Å². The number of carbonyl (C=O) groups excluding carboxylic acids is 1. The highest BCUT2D eigenvalue weighted by molar-refractivity contribution is 7.90. The highest BCUT2D eigenvalue weighted by atomic mass is 32.2.